The molecule has 202 valence electrons. The first kappa shape index (κ1) is 29.2. The summed E-state index contributed by atoms with van der Waals surface area (Å²) in [4.78, 5) is 19.6. The Balaban J connectivity index is 0.000000599. The van der Waals surface area contributed by atoms with Gasteiger partial charge in [-0.25, -0.2) is 13.6 Å². The Morgan fingerprint density at radius 3 is 1.84 bits per heavy atom. The van der Waals surface area contributed by atoms with Gasteiger partial charge in [0.25, 0.3) is 0 Å². The van der Waals surface area contributed by atoms with E-state index in [0.717, 1.165) is 42.2 Å². The van der Waals surface area contributed by atoms with Crippen molar-refractivity contribution in [1.29, 1.82) is 0 Å². The molecule has 0 spiro atoms. The Morgan fingerprint density at radius 1 is 0.921 bits per heavy atom. The van der Waals surface area contributed by atoms with Crippen LogP contribution in [-0.2, 0) is 20.9 Å². The first-order valence-corrected chi connectivity index (χ1v) is 12.7. The number of carboxylic acid groups (broad SMARTS) is 2. The van der Waals surface area contributed by atoms with E-state index in [-0.39, 0.29) is 17.7 Å². The van der Waals surface area contributed by atoms with E-state index in [9.17, 15) is 8.78 Å². The predicted octanol–water partition coefficient (Wildman–Crippen LogP) is 3.43. The van der Waals surface area contributed by atoms with Crippen molar-refractivity contribution in [2.75, 3.05) is 19.7 Å². The van der Waals surface area contributed by atoms with Crippen LogP contribution in [0.3, 0.4) is 0 Å². The van der Waals surface area contributed by atoms with E-state index < -0.39 is 11.9 Å². The van der Waals surface area contributed by atoms with E-state index in [2.05, 4.69) is 12.1 Å². The minimum atomic E-state index is -2.07. The number of carbonyl (C=O) groups excluding carboxylic acids is 1. The molecule has 1 saturated heterocycles. The molecule has 0 amide bonds. The van der Waals surface area contributed by atoms with E-state index in [4.69, 9.17) is 36.1 Å². The number of halogens is 3. The first-order valence-electron chi connectivity index (χ1n) is 12.4. The standard InChI is InChI=1S/C27H28ClF2NO.C2H2O4/c28-24-7-1-21(2-8-24)19-31-16-13-20(14-17-31)15-18-32-27(22-3-9-25(29)10-4-22)23-5-11-26(30)12-6-23;3-1(4)2(5)6/h1-12,20,27H,13-19H2;(H,3,4)(H,5,6). The molecular formula is C29H30ClF2NO5. The van der Waals surface area contributed by atoms with Crippen LogP contribution in [0.5, 0.6) is 0 Å². The second kappa shape index (κ2) is 14.6. The lowest BCUT2D eigenvalue weighted by Crippen LogP contribution is -3.11. The second-order valence-electron chi connectivity index (χ2n) is 9.23. The molecule has 2 N–H and O–H groups in total. The zero-order valence-electron chi connectivity index (χ0n) is 20.7. The van der Waals surface area contributed by atoms with Gasteiger partial charge in [-0.15, -0.1) is 0 Å². The van der Waals surface area contributed by atoms with Crippen LogP contribution >= 0.6 is 11.6 Å². The average Bonchev–Trinajstić information content (AvgIpc) is 2.91. The van der Waals surface area contributed by atoms with Crippen LogP contribution in [0.25, 0.3) is 0 Å². The fourth-order valence-electron chi connectivity index (χ4n) is 4.45. The predicted molar refractivity (Wildman–Crippen MR) is 136 cm³/mol. The Kier molecular flexibility index (Phi) is 11.2. The van der Waals surface area contributed by atoms with Gasteiger partial charge in [0, 0.05) is 17.2 Å². The molecule has 1 fully saturated rings. The number of carbonyl (C=O) groups is 2. The van der Waals surface area contributed by atoms with Gasteiger partial charge in [0.15, 0.2) is 5.97 Å². The van der Waals surface area contributed by atoms with Crippen molar-refractivity contribution in [3.8, 4) is 0 Å². The summed E-state index contributed by atoms with van der Waals surface area (Å²) in [6, 6.07) is 20.8. The van der Waals surface area contributed by atoms with Crippen molar-refractivity contribution in [3.63, 3.8) is 0 Å². The smallest absolute Gasteiger partial charge is 0.351 e. The largest absolute Gasteiger partial charge is 0.539 e. The molecule has 4 rings (SSSR count). The highest BCUT2D eigenvalue weighted by atomic mass is 35.5. The molecule has 9 heteroatoms. The number of rotatable bonds is 8. The Bertz CT molecular complexity index is 1110. The normalized spacial score (nSPS) is 16.9. The summed E-state index contributed by atoms with van der Waals surface area (Å²) in [7, 11) is 0. The first-order chi connectivity index (χ1) is 18.2. The molecule has 0 atom stereocenters. The number of quaternary nitrogens is 1. The Hall–Kier alpha value is -3.33. The second-order valence-corrected chi connectivity index (χ2v) is 9.67. The Labute approximate surface area is 225 Å². The molecule has 0 radical (unpaired) electrons. The molecule has 0 saturated carbocycles. The van der Waals surface area contributed by atoms with Gasteiger partial charge >= 0.3 is 5.97 Å². The fourth-order valence-corrected chi connectivity index (χ4v) is 4.58. The van der Waals surface area contributed by atoms with Crippen molar-refractivity contribution >= 4 is 23.5 Å². The number of aliphatic carboxylic acids is 2. The van der Waals surface area contributed by atoms with Gasteiger partial charge in [-0.3, -0.25) is 0 Å². The monoisotopic (exact) mass is 545 g/mol. The number of nitrogens with one attached hydrogen (secondary N) is 1. The van der Waals surface area contributed by atoms with Crippen LogP contribution in [0, 0.1) is 17.6 Å². The molecule has 0 aromatic heterocycles. The third-order valence-corrected chi connectivity index (χ3v) is 6.76. The average molecular weight is 546 g/mol. The number of hydrogen-bond acceptors (Lipinski definition) is 4. The third-order valence-electron chi connectivity index (χ3n) is 6.51. The molecule has 0 aliphatic carbocycles. The topological polar surface area (TPSA) is 91.1 Å². The summed E-state index contributed by atoms with van der Waals surface area (Å²) >= 11 is 5.98. The molecule has 3 aromatic rings. The number of benzene rings is 3. The van der Waals surface area contributed by atoms with Crippen molar-refractivity contribution in [1.82, 2.24) is 0 Å². The number of carboxylic acids is 2. The molecule has 38 heavy (non-hydrogen) atoms. The van der Waals surface area contributed by atoms with Crippen LogP contribution < -0.4 is 10.0 Å². The van der Waals surface area contributed by atoms with Crippen LogP contribution in [0.2, 0.25) is 5.02 Å². The SMILES string of the molecule is Fc1ccc(C(OCCC2CC[NH+](Cc3ccc(Cl)cc3)CC2)c2ccc(F)cc2)cc1.O=C([O-])C(=O)O. The van der Waals surface area contributed by atoms with E-state index in [1.165, 1.54) is 42.7 Å². The third kappa shape index (κ3) is 9.52. The summed E-state index contributed by atoms with van der Waals surface area (Å²) in [6.07, 6.45) is 3.04. The van der Waals surface area contributed by atoms with Crippen molar-refractivity contribution < 1.29 is 38.2 Å². The lowest BCUT2D eigenvalue weighted by Gasteiger charge is -2.30. The maximum atomic E-state index is 13.4. The van der Waals surface area contributed by atoms with Gasteiger partial charge in [-0.05, 0) is 72.7 Å². The summed E-state index contributed by atoms with van der Waals surface area (Å²) < 4.78 is 33.0. The van der Waals surface area contributed by atoms with Gasteiger partial charge in [-0.2, -0.15) is 0 Å². The van der Waals surface area contributed by atoms with E-state index in [1.54, 1.807) is 29.2 Å². The van der Waals surface area contributed by atoms with Gasteiger partial charge in [0.2, 0.25) is 0 Å². The van der Waals surface area contributed by atoms with Gasteiger partial charge in [0.05, 0.1) is 13.1 Å². The fraction of sp³-hybridized carbons (Fsp3) is 0.310. The number of likely N-dealkylation sites (tertiary alicyclic amines) is 1. The van der Waals surface area contributed by atoms with Crippen molar-refractivity contribution in [2.24, 2.45) is 5.92 Å². The molecule has 1 aliphatic rings. The molecule has 0 bridgehead atoms. The molecule has 1 heterocycles. The zero-order chi connectivity index (χ0) is 27.5. The number of hydrogen-bond donors (Lipinski definition) is 2. The summed E-state index contributed by atoms with van der Waals surface area (Å²) in [5.41, 5.74) is 3.08. The highest BCUT2D eigenvalue weighted by Gasteiger charge is 2.23. The highest BCUT2D eigenvalue weighted by Crippen LogP contribution is 2.28. The quantitative estimate of drug-likeness (QED) is 0.423. The minimum Gasteiger partial charge on any atom is -0.539 e. The van der Waals surface area contributed by atoms with Gasteiger partial charge in [0.1, 0.15) is 24.3 Å². The highest BCUT2D eigenvalue weighted by molar-refractivity contribution is 6.30. The summed E-state index contributed by atoms with van der Waals surface area (Å²) in [5, 5.41) is 17.1. The minimum absolute atomic E-state index is 0.278. The van der Waals surface area contributed by atoms with Gasteiger partial charge < -0.3 is 24.6 Å². The maximum absolute atomic E-state index is 13.4. The van der Waals surface area contributed by atoms with Crippen LogP contribution in [-0.4, -0.2) is 36.7 Å². The van der Waals surface area contributed by atoms with Gasteiger partial charge in [-0.1, -0.05) is 48.0 Å². The number of piperidine rings is 1. The van der Waals surface area contributed by atoms with E-state index in [0.29, 0.717) is 12.5 Å². The summed E-state index contributed by atoms with van der Waals surface area (Å²) in [6.45, 7) is 3.98. The molecular weight excluding hydrogens is 516 g/mol. The lowest BCUT2D eigenvalue weighted by molar-refractivity contribution is -0.919. The lowest BCUT2D eigenvalue weighted by atomic mass is 9.93. The molecule has 3 aromatic carbocycles. The van der Waals surface area contributed by atoms with E-state index in [1.807, 2.05) is 12.1 Å². The van der Waals surface area contributed by atoms with Crippen LogP contribution in [0.1, 0.15) is 42.1 Å². The van der Waals surface area contributed by atoms with Crippen LogP contribution in [0.15, 0.2) is 72.8 Å². The van der Waals surface area contributed by atoms with Crippen molar-refractivity contribution in [2.45, 2.75) is 31.9 Å². The molecule has 6 nitrogen and oxygen atoms in total. The zero-order valence-corrected chi connectivity index (χ0v) is 21.5. The van der Waals surface area contributed by atoms with E-state index >= 15 is 0 Å². The summed E-state index contributed by atoms with van der Waals surface area (Å²) in [5.74, 6) is -3.92. The maximum Gasteiger partial charge on any atom is 0.351 e. The molecule has 1 aliphatic heterocycles. The Morgan fingerprint density at radius 2 is 1.39 bits per heavy atom. The number of ether oxygens (including phenoxy) is 1. The van der Waals surface area contributed by atoms with Crippen molar-refractivity contribution in [3.05, 3.63) is 106 Å². The molecule has 0 unspecified atom stereocenters. The van der Waals surface area contributed by atoms with Crippen LogP contribution in [0.4, 0.5) is 8.78 Å².